The molecule has 0 fully saturated rings. The van der Waals surface area contributed by atoms with Gasteiger partial charge in [-0.25, -0.2) is 4.98 Å². The topological polar surface area (TPSA) is 56.1 Å². The fourth-order valence-corrected chi connectivity index (χ4v) is 4.50. The van der Waals surface area contributed by atoms with E-state index in [9.17, 15) is 4.79 Å². The zero-order valence-electron chi connectivity index (χ0n) is 20.5. The Labute approximate surface area is 221 Å². The molecule has 0 saturated heterocycles. The number of rotatable bonds is 13. The van der Waals surface area contributed by atoms with Crippen LogP contribution in [-0.4, -0.2) is 28.6 Å². The Morgan fingerprint density at radius 2 is 1.78 bits per heavy atom. The number of para-hydroxylation sites is 3. The average molecular weight is 547 g/mol. The zero-order chi connectivity index (χ0) is 25.2. The fourth-order valence-electron chi connectivity index (χ4n) is 4.24. The van der Waals surface area contributed by atoms with Crippen LogP contribution in [0.4, 0.5) is 0 Å². The highest BCUT2D eigenvalue weighted by Crippen LogP contribution is 2.20. The molecule has 0 aliphatic carbocycles. The Bertz CT molecular complexity index is 1300. The van der Waals surface area contributed by atoms with Gasteiger partial charge in [-0.15, -0.1) is 6.58 Å². The number of allylic oxidation sites excluding steroid dienone is 1. The van der Waals surface area contributed by atoms with Crippen molar-refractivity contribution in [1.29, 1.82) is 0 Å². The first-order valence-corrected chi connectivity index (χ1v) is 13.2. The summed E-state index contributed by atoms with van der Waals surface area (Å²) in [4.78, 5) is 17.3. The predicted molar refractivity (Wildman–Crippen MR) is 150 cm³/mol. The molecule has 0 bridgehead atoms. The average Bonchev–Trinajstić information content (AvgIpc) is 3.25. The maximum absolute atomic E-state index is 12.4. The summed E-state index contributed by atoms with van der Waals surface area (Å²) in [6, 6.07) is 23.8. The molecule has 186 valence electrons. The lowest BCUT2D eigenvalue weighted by molar-refractivity contribution is 0.0953. The van der Waals surface area contributed by atoms with E-state index >= 15 is 0 Å². The summed E-state index contributed by atoms with van der Waals surface area (Å²) in [5.74, 6) is 1.95. The van der Waals surface area contributed by atoms with E-state index in [1.807, 2.05) is 54.6 Å². The Hall–Kier alpha value is -3.38. The number of nitrogens with zero attached hydrogens (tertiary/aromatic N) is 2. The van der Waals surface area contributed by atoms with Gasteiger partial charge in [-0.05, 0) is 73.7 Å². The number of halogens is 1. The summed E-state index contributed by atoms with van der Waals surface area (Å²) < 4.78 is 9.33. The summed E-state index contributed by atoms with van der Waals surface area (Å²) >= 11 is 3.40. The van der Waals surface area contributed by atoms with E-state index in [2.05, 4.69) is 56.7 Å². The van der Waals surface area contributed by atoms with Gasteiger partial charge in [0.25, 0.3) is 5.91 Å². The molecular weight excluding hydrogens is 514 g/mol. The molecule has 1 amide bonds. The largest absolute Gasteiger partial charge is 0.493 e. The number of ether oxygens (including phenoxy) is 1. The van der Waals surface area contributed by atoms with E-state index in [4.69, 9.17) is 9.72 Å². The molecule has 1 aromatic heterocycles. The number of unbranched alkanes of at least 4 members (excludes halogenated alkanes) is 1. The second-order valence-electron chi connectivity index (χ2n) is 8.69. The molecule has 1 heterocycles. The van der Waals surface area contributed by atoms with Gasteiger partial charge in [0.1, 0.15) is 11.6 Å². The third-order valence-corrected chi connectivity index (χ3v) is 6.60. The standard InChI is InChI=1S/C30H32BrN3O2/c1-2-10-23-11-3-6-14-28(23)36-22-8-7-21-34-27-13-5-4-12-26(27)33-29(34)15-9-20-32-30(35)24-16-18-25(31)19-17-24/h2-6,11-14,16-19H,1,7-10,15,20-22H2,(H,32,35). The minimum atomic E-state index is -0.0503. The lowest BCUT2D eigenvalue weighted by Crippen LogP contribution is -2.25. The van der Waals surface area contributed by atoms with Crippen molar-refractivity contribution in [1.82, 2.24) is 14.9 Å². The van der Waals surface area contributed by atoms with Crippen LogP contribution in [0.25, 0.3) is 11.0 Å². The lowest BCUT2D eigenvalue weighted by atomic mass is 10.1. The molecule has 36 heavy (non-hydrogen) atoms. The molecule has 4 aromatic rings. The van der Waals surface area contributed by atoms with Crippen LogP contribution in [0.5, 0.6) is 5.75 Å². The van der Waals surface area contributed by atoms with Gasteiger partial charge in [0.2, 0.25) is 0 Å². The number of nitrogens with one attached hydrogen (secondary N) is 1. The van der Waals surface area contributed by atoms with Crippen LogP contribution in [-0.2, 0) is 19.4 Å². The van der Waals surface area contributed by atoms with Crippen molar-refractivity contribution in [3.63, 3.8) is 0 Å². The first-order valence-electron chi connectivity index (χ1n) is 12.4. The SMILES string of the molecule is C=CCc1ccccc1OCCCCn1c(CCCNC(=O)c2ccc(Br)cc2)nc2ccccc21. The molecule has 0 aliphatic heterocycles. The van der Waals surface area contributed by atoms with E-state index in [1.165, 1.54) is 5.56 Å². The van der Waals surface area contributed by atoms with Gasteiger partial charge >= 0.3 is 0 Å². The predicted octanol–water partition coefficient (Wildman–Crippen LogP) is 6.75. The first-order chi connectivity index (χ1) is 17.7. The number of fused-ring (bicyclic) bond motifs is 1. The van der Waals surface area contributed by atoms with E-state index in [-0.39, 0.29) is 5.91 Å². The number of imidazole rings is 1. The molecule has 4 rings (SSSR count). The normalized spacial score (nSPS) is 10.9. The summed E-state index contributed by atoms with van der Waals surface area (Å²) in [5.41, 5.74) is 4.01. The van der Waals surface area contributed by atoms with Crippen molar-refractivity contribution in [3.8, 4) is 5.75 Å². The smallest absolute Gasteiger partial charge is 0.251 e. The van der Waals surface area contributed by atoms with Gasteiger partial charge in [0, 0.05) is 29.5 Å². The Balaban J connectivity index is 1.29. The molecule has 0 saturated carbocycles. The lowest BCUT2D eigenvalue weighted by Gasteiger charge is -2.12. The Kier molecular flexibility index (Phi) is 9.33. The second kappa shape index (κ2) is 13.1. The molecular formula is C30H32BrN3O2. The van der Waals surface area contributed by atoms with E-state index < -0.39 is 0 Å². The maximum atomic E-state index is 12.4. The van der Waals surface area contributed by atoms with Crippen LogP contribution in [0.1, 0.15) is 41.0 Å². The van der Waals surface area contributed by atoms with E-state index in [0.29, 0.717) is 18.7 Å². The second-order valence-corrected chi connectivity index (χ2v) is 9.61. The summed E-state index contributed by atoms with van der Waals surface area (Å²) in [6.07, 6.45) is 6.30. The summed E-state index contributed by atoms with van der Waals surface area (Å²) in [6.45, 7) is 6.01. The first kappa shape index (κ1) is 25.7. The van der Waals surface area contributed by atoms with Crippen molar-refractivity contribution in [2.24, 2.45) is 0 Å². The molecule has 5 nitrogen and oxygen atoms in total. The highest BCUT2D eigenvalue weighted by Gasteiger charge is 2.11. The van der Waals surface area contributed by atoms with Crippen molar-refractivity contribution < 1.29 is 9.53 Å². The van der Waals surface area contributed by atoms with Gasteiger partial charge < -0.3 is 14.6 Å². The molecule has 0 aliphatic rings. The number of carbonyl (C=O) groups excluding carboxylic acids is 1. The fraction of sp³-hybridized carbons (Fsp3) is 0.267. The highest BCUT2D eigenvalue weighted by molar-refractivity contribution is 9.10. The van der Waals surface area contributed by atoms with Crippen LogP contribution >= 0.6 is 15.9 Å². The number of hydrogen-bond acceptors (Lipinski definition) is 3. The third kappa shape index (κ3) is 6.85. The number of aromatic nitrogens is 2. The monoisotopic (exact) mass is 545 g/mol. The van der Waals surface area contributed by atoms with Crippen molar-refractivity contribution in [3.05, 3.63) is 107 Å². The van der Waals surface area contributed by atoms with Crippen molar-refractivity contribution >= 4 is 32.9 Å². The Morgan fingerprint density at radius 1 is 1.00 bits per heavy atom. The van der Waals surface area contributed by atoms with Crippen LogP contribution in [0.2, 0.25) is 0 Å². The molecule has 6 heteroatoms. The molecule has 0 radical (unpaired) electrons. The number of aryl methyl sites for hydroxylation is 2. The van der Waals surface area contributed by atoms with Crippen molar-refractivity contribution in [2.45, 2.75) is 38.6 Å². The van der Waals surface area contributed by atoms with Gasteiger partial charge in [-0.2, -0.15) is 0 Å². The van der Waals surface area contributed by atoms with Gasteiger partial charge in [0.05, 0.1) is 17.6 Å². The van der Waals surface area contributed by atoms with E-state index in [1.54, 1.807) is 0 Å². The minimum Gasteiger partial charge on any atom is -0.493 e. The number of benzene rings is 3. The van der Waals surface area contributed by atoms with Crippen molar-refractivity contribution in [2.75, 3.05) is 13.2 Å². The third-order valence-electron chi connectivity index (χ3n) is 6.07. The molecule has 0 spiro atoms. The van der Waals surface area contributed by atoms with Crippen LogP contribution in [0.3, 0.4) is 0 Å². The number of carbonyl (C=O) groups is 1. The minimum absolute atomic E-state index is 0.0503. The van der Waals surface area contributed by atoms with Gasteiger partial charge in [-0.3, -0.25) is 4.79 Å². The van der Waals surface area contributed by atoms with Gasteiger partial charge in [-0.1, -0.05) is 52.3 Å². The maximum Gasteiger partial charge on any atom is 0.251 e. The molecule has 0 unspecified atom stereocenters. The number of amides is 1. The molecule has 3 aromatic carbocycles. The van der Waals surface area contributed by atoms with E-state index in [0.717, 1.165) is 65.7 Å². The zero-order valence-corrected chi connectivity index (χ0v) is 22.0. The summed E-state index contributed by atoms with van der Waals surface area (Å²) in [5, 5.41) is 3.02. The van der Waals surface area contributed by atoms with Crippen LogP contribution in [0.15, 0.2) is 89.9 Å². The van der Waals surface area contributed by atoms with Crippen LogP contribution < -0.4 is 10.1 Å². The highest BCUT2D eigenvalue weighted by atomic mass is 79.9. The number of hydrogen-bond donors (Lipinski definition) is 1. The molecule has 1 N–H and O–H groups in total. The van der Waals surface area contributed by atoms with Crippen LogP contribution in [0, 0.1) is 0 Å². The molecule has 0 atom stereocenters. The Morgan fingerprint density at radius 3 is 2.61 bits per heavy atom. The quantitative estimate of drug-likeness (QED) is 0.149. The van der Waals surface area contributed by atoms with Gasteiger partial charge in [0.15, 0.2) is 0 Å². The summed E-state index contributed by atoms with van der Waals surface area (Å²) in [7, 11) is 0.